The van der Waals surface area contributed by atoms with E-state index < -0.39 is 0 Å². The van der Waals surface area contributed by atoms with Gasteiger partial charge in [0.25, 0.3) is 0 Å². The molecule has 0 fully saturated rings. The standard InChI is InChI=1S/C6H8N6/c7-1-5-2-8-11-6(5)12-3-9-10-4-12/h2-4H,1,7H2,(H,8,11). The van der Waals surface area contributed by atoms with Crippen molar-refractivity contribution < 1.29 is 0 Å². The lowest BCUT2D eigenvalue weighted by Crippen LogP contribution is -2.01. The molecule has 6 heteroatoms. The topological polar surface area (TPSA) is 85.4 Å². The van der Waals surface area contributed by atoms with Crippen molar-refractivity contribution >= 4 is 0 Å². The van der Waals surface area contributed by atoms with Gasteiger partial charge in [-0.15, -0.1) is 10.2 Å². The van der Waals surface area contributed by atoms with Gasteiger partial charge >= 0.3 is 0 Å². The van der Waals surface area contributed by atoms with Crippen molar-refractivity contribution in [2.75, 3.05) is 0 Å². The molecule has 0 bridgehead atoms. The van der Waals surface area contributed by atoms with E-state index in [1.807, 2.05) is 0 Å². The Balaban J connectivity index is 2.46. The Bertz CT molecular complexity index is 348. The fourth-order valence-corrected chi connectivity index (χ4v) is 0.993. The zero-order chi connectivity index (χ0) is 8.39. The summed E-state index contributed by atoms with van der Waals surface area (Å²) in [5.41, 5.74) is 6.43. The molecule has 6 nitrogen and oxygen atoms in total. The number of nitrogens with two attached hydrogens (primary N) is 1. The predicted molar refractivity (Wildman–Crippen MR) is 41.4 cm³/mol. The summed E-state index contributed by atoms with van der Waals surface area (Å²) >= 11 is 0. The van der Waals surface area contributed by atoms with E-state index in [0.717, 1.165) is 11.4 Å². The lowest BCUT2D eigenvalue weighted by atomic mass is 10.3. The highest BCUT2D eigenvalue weighted by molar-refractivity contribution is 5.30. The van der Waals surface area contributed by atoms with Crippen molar-refractivity contribution in [1.29, 1.82) is 0 Å². The number of hydrogen-bond donors (Lipinski definition) is 2. The molecule has 0 aliphatic rings. The summed E-state index contributed by atoms with van der Waals surface area (Å²) in [6, 6.07) is 0. The molecule has 0 spiro atoms. The number of hydrogen-bond acceptors (Lipinski definition) is 4. The van der Waals surface area contributed by atoms with Gasteiger partial charge in [-0.25, -0.2) is 0 Å². The second-order valence-electron chi connectivity index (χ2n) is 2.32. The molecule has 0 unspecified atom stereocenters. The molecule has 2 aromatic rings. The zero-order valence-corrected chi connectivity index (χ0v) is 6.31. The summed E-state index contributed by atoms with van der Waals surface area (Å²) in [6.45, 7) is 0.448. The van der Waals surface area contributed by atoms with Crippen LogP contribution in [0.15, 0.2) is 18.9 Å². The van der Waals surface area contributed by atoms with E-state index in [0.29, 0.717) is 6.54 Å². The number of aromatic amines is 1. The lowest BCUT2D eigenvalue weighted by Gasteiger charge is -1.97. The van der Waals surface area contributed by atoms with Crippen LogP contribution in [0.3, 0.4) is 0 Å². The van der Waals surface area contributed by atoms with Crippen LogP contribution in [-0.4, -0.2) is 25.0 Å². The molecule has 12 heavy (non-hydrogen) atoms. The summed E-state index contributed by atoms with van der Waals surface area (Å²) in [4.78, 5) is 0. The Morgan fingerprint density at radius 2 is 2.17 bits per heavy atom. The Hall–Kier alpha value is -1.69. The van der Waals surface area contributed by atoms with Crippen LogP contribution in [0, 0.1) is 0 Å². The molecule has 0 aliphatic carbocycles. The molecule has 0 amide bonds. The maximum absolute atomic E-state index is 5.49. The van der Waals surface area contributed by atoms with Gasteiger partial charge in [0.15, 0.2) is 0 Å². The van der Waals surface area contributed by atoms with E-state index in [1.165, 1.54) is 0 Å². The van der Waals surface area contributed by atoms with Crippen LogP contribution in [0.4, 0.5) is 0 Å². The summed E-state index contributed by atoms with van der Waals surface area (Å²) in [5.74, 6) is 0.822. The summed E-state index contributed by atoms with van der Waals surface area (Å²) in [5, 5.41) is 14.0. The van der Waals surface area contributed by atoms with Gasteiger partial charge in [0, 0.05) is 12.1 Å². The average Bonchev–Trinajstić information content (AvgIpc) is 2.74. The molecule has 0 radical (unpaired) electrons. The van der Waals surface area contributed by atoms with E-state index in [9.17, 15) is 0 Å². The van der Waals surface area contributed by atoms with Gasteiger partial charge in [-0.1, -0.05) is 0 Å². The fraction of sp³-hybridized carbons (Fsp3) is 0.167. The molecule has 0 saturated heterocycles. The van der Waals surface area contributed by atoms with Crippen LogP contribution < -0.4 is 5.73 Å². The maximum atomic E-state index is 5.49. The van der Waals surface area contributed by atoms with Gasteiger partial charge in [-0.05, 0) is 0 Å². The molecule has 2 heterocycles. The van der Waals surface area contributed by atoms with Gasteiger partial charge in [0.05, 0.1) is 6.20 Å². The normalized spacial score (nSPS) is 10.4. The van der Waals surface area contributed by atoms with E-state index in [1.54, 1.807) is 23.4 Å². The number of H-pyrrole nitrogens is 1. The van der Waals surface area contributed by atoms with Crippen molar-refractivity contribution in [2.24, 2.45) is 5.73 Å². The van der Waals surface area contributed by atoms with Crippen LogP contribution in [0.25, 0.3) is 5.82 Å². The number of aromatic nitrogens is 5. The minimum atomic E-state index is 0.448. The van der Waals surface area contributed by atoms with E-state index in [2.05, 4.69) is 20.4 Å². The number of nitrogens with one attached hydrogen (secondary N) is 1. The average molecular weight is 164 g/mol. The van der Waals surface area contributed by atoms with Crippen LogP contribution >= 0.6 is 0 Å². The number of nitrogens with zero attached hydrogens (tertiary/aromatic N) is 4. The third-order valence-corrected chi connectivity index (χ3v) is 1.59. The van der Waals surface area contributed by atoms with Gasteiger partial charge in [-0.2, -0.15) is 5.10 Å². The first-order valence-electron chi connectivity index (χ1n) is 3.49. The van der Waals surface area contributed by atoms with Gasteiger partial charge in [-0.3, -0.25) is 9.67 Å². The van der Waals surface area contributed by atoms with Crippen molar-refractivity contribution in [3.05, 3.63) is 24.4 Å². The van der Waals surface area contributed by atoms with Crippen molar-refractivity contribution in [1.82, 2.24) is 25.0 Å². The first-order chi connectivity index (χ1) is 5.92. The summed E-state index contributed by atoms with van der Waals surface area (Å²) in [7, 11) is 0. The van der Waals surface area contributed by atoms with Gasteiger partial charge < -0.3 is 5.73 Å². The predicted octanol–water partition coefficient (Wildman–Crippen LogP) is -0.551. The third kappa shape index (κ3) is 0.978. The summed E-state index contributed by atoms with van der Waals surface area (Å²) < 4.78 is 1.73. The Kier molecular flexibility index (Phi) is 1.60. The fourth-order valence-electron chi connectivity index (χ4n) is 0.993. The first kappa shape index (κ1) is 6.99. The molecule has 2 rings (SSSR count). The highest BCUT2D eigenvalue weighted by Crippen LogP contribution is 2.07. The molecular weight excluding hydrogens is 156 g/mol. The first-order valence-corrected chi connectivity index (χ1v) is 3.49. The highest BCUT2D eigenvalue weighted by Gasteiger charge is 2.03. The molecular formula is C6H8N6. The SMILES string of the molecule is NCc1cn[nH]c1-n1cnnc1. The molecule has 62 valence electrons. The second kappa shape index (κ2) is 2.74. The van der Waals surface area contributed by atoms with Gasteiger partial charge in [0.1, 0.15) is 18.5 Å². The molecule has 0 saturated carbocycles. The van der Waals surface area contributed by atoms with E-state index in [4.69, 9.17) is 5.73 Å². The van der Waals surface area contributed by atoms with Crippen LogP contribution in [0.5, 0.6) is 0 Å². The Labute approximate surface area is 68.4 Å². The number of rotatable bonds is 2. The Morgan fingerprint density at radius 3 is 2.83 bits per heavy atom. The third-order valence-electron chi connectivity index (χ3n) is 1.59. The quantitative estimate of drug-likeness (QED) is 0.623. The van der Waals surface area contributed by atoms with Crippen molar-refractivity contribution in [2.45, 2.75) is 6.54 Å². The van der Waals surface area contributed by atoms with Crippen molar-refractivity contribution in [3.63, 3.8) is 0 Å². The van der Waals surface area contributed by atoms with Crippen LogP contribution in [-0.2, 0) is 6.54 Å². The zero-order valence-electron chi connectivity index (χ0n) is 6.31. The summed E-state index contributed by atoms with van der Waals surface area (Å²) in [6.07, 6.45) is 4.87. The molecule has 0 aromatic carbocycles. The molecule has 0 aliphatic heterocycles. The minimum absolute atomic E-state index is 0.448. The van der Waals surface area contributed by atoms with Crippen LogP contribution in [0.1, 0.15) is 5.56 Å². The Morgan fingerprint density at radius 1 is 1.42 bits per heavy atom. The minimum Gasteiger partial charge on any atom is -0.326 e. The molecule has 2 aromatic heterocycles. The highest BCUT2D eigenvalue weighted by atomic mass is 15.3. The lowest BCUT2D eigenvalue weighted by molar-refractivity contribution is 0.932. The second-order valence-corrected chi connectivity index (χ2v) is 2.32. The van der Waals surface area contributed by atoms with E-state index >= 15 is 0 Å². The smallest absolute Gasteiger partial charge is 0.139 e. The van der Waals surface area contributed by atoms with Crippen LogP contribution in [0.2, 0.25) is 0 Å². The molecule has 3 N–H and O–H groups in total. The maximum Gasteiger partial charge on any atom is 0.139 e. The monoisotopic (exact) mass is 164 g/mol. The molecule has 0 atom stereocenters. The van der Waals surface area contributed by atoms with Crippen molar-refractivity contribution in [3.8, 4) is 5.82 Å². The van der Waals surface area contributed by atoms with Gasteiger partial charge in [0.2, 0.25) is 0 Å². The largest absolute Gasteiger partial charge is 0.326 e. The van der Waals surface area contributed by atoms with E-state index in [-0.39, 0.29) is 0 Å².